The van der Waals surface area contributed by atoms with E-state index < -0.39 is 0 Å². The Bertz CT molecular complexity index is 340. The van der Waals surface area contributed by atoms with Crippen LogP contribution >= 0.6 is 0 Å². The first-order valence-electron chi connectivity index (χ1n) is 6.13. The molecule has 0 aromatic carbocycles. The molecule has 4 heteroatoms. The largest absolute Gasteiger partial charge is 0.368 e. The lowest BCUT2D eigenvalue weighted by Gasteiger charge is -2.21. The third kappa shape index (κ3) is 2.28. The maximum atomic E-state index is 5.70. The SMILES string of the molecule is CCc1[nH]c(C2CNCCO2)nc1C(C)C. The lowest BCUT2D eigenvalue weighted by atomic mass is 10.1. The highest BCUT2D eigenvalue weighted by Gasteiger charge is 2.21. The summed E-state index contributed by atoms with van der Waals surface area (Å²) in [5, 5.41) is 3.32. The van der Waals surface area contributed by atoms with Crippen molar-refractivity contribution in [2.24, 2.45) is 0 Å². The molecule has 90 valence electrons. The summed E-state index contributed by atoms with van der Waals surface area (Å²) in [6.07, 6.45) is 1.09. The summed E-state index contributed by atoms with van der Waals surface area (Å²) < 4.78 is 5.70. The minimum Gasteiger partial charge on any atom is -0.368 e. The molecule has 4 nitrogen and oxygen atoms in total. The Morgan fingerprint density at radius 2 is 2.31 bits per heavy atom. The standard InChI is InChI=1S/C12H21N3O/c1-4-9-11(8(2)3)15-12(14-9)10-7-13-5-6-16-10/h8,10,13H,4-7H2,1-3H3,(H,14,15). The molecule has 0 spiro atoms. The molecule has 2 N–H and O–H groups in total. The van der Waals surface area contributed by atoms with Crippen LogP contribution in [0.3, 0.4) is 0 Å². The summed E-state index contributed by atoms with van der Waals surface area (Å²) in [7, 11) is 0. The Kier molecular flexibility index (Phi) is 3.61. The summed E-state index contributed by atoms with van der Waals surface area (Å²) >= 11 is 0. The first kappa shape index (κ1) is 11.6. The van der Waals surface area contributed by atoms with Crippen LogP contribution in [0.2, 0.25) is 0 Å². The van der Waals surface area contributed by atoms with Gasteiger partial charge in [0.25, 0.3) is 0 Å². The minimum absolute atomic E-state index is 0.0894. The molecule has 2 heterocycles. The molecular formula is C12H21N3O. The van der Waals surface area contributed by atoms with E-state index in [4.69, 9.17) is 4.74 Å². The maximum absolute atomic E-state index is 5.70. The predicted octanol–water partition coefficient (Wildman–Crippen LogP) is 1.76. The number of nitrogens with one attached hydrogen (secondary N) is 2. The topological polar surface area (TPSA) is 49.9 Å². The van der Waals surface area contributed by atoms with Crippen molar-refractivity contribution >= 4 is 0 Å². The van der Waals surface area contributed by atoms with E-state index in [1.165, 1.54) is 11.4 Å². The van der Waals surface area contributed by atoms with Gasteiger partial charge in [-0.25, -0.2) is 4.98 Å². The number of aromatic amines is 1. The number of aromatic nitrogens is 2. The minimum atomic E-state index is 0.0894. The summed E-state index contributed by atoms with van der Waals surface area (Å²) in [6.45, 7) is 9.08. The van der Waals surface area contributed by atoms with Crippen LogP contribution in [0.4, 0.5) is 0 Å². The molecule has 1 aliphatic rings. The zero-order valence-electron chi connectivity index (χ0n) is 10.3. The van der Waals surface area contributed by atoms with Crippen LogP contribution in [0.15, 0.2) is 0 Å². The number of morpholine rings is 1. The molecule has 0 radical (unpaired) electrons. The summed E-state index contributed by atoms with van der Waals surface area (Å²) in [5.74, 6) is 1.45. The van der Waals surface area contributed by atoms with Crippen LogP contribution in [0.1, 0.15) is 50.0 Å². The number of hydrogen-bond donors (Lipinski definition) is 2. The summed E-state index contributed by atoms with van der Waals surface area (Å²) in [6, 6.07) is 0. The molecular weight excluding hydrogens is 202 g/mol. The number of imidazole rings is 1. The van der Waals surface area contributed by atoms with E-state index in [1.54, 1.807) is 0 Å². The molecule has 2 rings (SSSR count). The molecule has 1 unspecified atom stereocenters. The molecule has 1 aromatic heterocycles. The quantitative estimate of drug-likeness (QED) is 0.821. The van der Waals surface area contributed by atoms with Crippen LogP contribution in [0.5, 0.6) is 0 Å². The van der Waals surface area contributed by atoms with Crippen molar-refractivity contribution in [3.05, 3.63) is 17.2 Å². The van der Waals surface area contributed by atoms with Crippen molar-refractivity contribution in [1.82, 2.24) is 15.3 Å². The molecule has 0 bridgehead atoms. The van der Waals surface area contributed by atoms with E-state index in [1.807, 2.05) is 0 Å². The zero-order chi connectivity index (χ0) is 11.5. The zero-order valence-corrected chi connectivity index (χ0v) is 10.3. The number of hydrogen-bond acceptors (Lipinski definition) is 3. The summed E-state index contributed by atoms with van der Waals surface area (Å²) in [5.41, 5.74) is 2.44. The fraction of sp³-hybridized carbons (Fsp3) is 0.750. The third-order valence-electron chi connectivity index (χ3n) is 2.96. The first-order chi connectivity index (χ1) is 7.72. The fourth-order valence-corrected chi connectivity index (χ4v) is 2.08. The summed E-state index contributed by atoms with van der Waals surface area (Å²) in [4.78, 5) is 8.09. The average molecular weight is 223 g/mol. The third-order valence-corrected chi connectivity index (χ3v) is 2.96. The number of nitrogens with zero attached hydrogens (tertiary/aromatic N) is 1. The Hall–Kier alpha value is -0.870. The van der Waals surface area contributed by atoms with Gasteiger partial charge in [0.05, 0.1) is 12.3 Å². The number of H-pyrrole nitrogens is 1. The second-order valence-electron chi connectivity index (χ2n) is 4.56. The number of ether oxygens (including phenoxy) is 1. The van der Waals surface area contributed by atoms with Crippen LogP contribution in [-0.2, 0) is 11.2 Å². The van der Waals surface area contributed by atoms with Gasteiger partial charge in [0.2, 0.25) is 0 Å². The van der Waals surface area contributed by atoms with Gasteiger partial charge in [0, 0.05) is 18.8 Å². The van der Waals surface area contributed by atoms with Gasteiger partial charge in [-0.2, -0.15) is 0 Å². The highest BCUT2D eigenvalue weighted by molar-refractivity contribution is 5.19. The molecule has 0 amide bonds. The van der Waals surface area contributed by atoms with Crippen LogP contribution in [0, 0.1) is 0 Å². The van der Waals surface area contributed by atoms with E-state index in [0.717, 1.165) is 31.9 Å². The second kappa shape index (κ2) is 4.97. The van der Waals surface area contributed by atoms with Crippen molar-refractivity contribution in [1.29, 1.82) is 0 Å². The number of aryl methyl sites for hydroxylation is 1. The van der Waals surface area contributed by atoms with Crippen LogP contribution < -0.4 is 5.32 Å². The van der Waals surface area contributed by atoms with E-state index >= 15 is 0 Å². The van der Waals surface area contributed by atoms with E-state index in [0.29, 0.717) is 5.92 Å². The lowest BCUT2D eigenvalue weighted by Crippen LogP contribution is -2.33. The Morgan fingerprint density at radius 1 is 1.50 bits per heavy atom. The van der Waals surface area contributed by atoms with Crippen molar-refractivity contribution < 1.29 is 4.74 Å². The van der Waals surface area contributed by atoms with E-state index in [2.05, 4.69) is 36.1 Å². The monoisotopic (exact) mass is 223 g/mol. The predicted molar refractivity (Wildman–Crippen MR) is 63.6 cm³/mol. The molecule has 0 aliphatic carbocycles. The van der Waals surface area contributed by atoms with E-state index in [9.17, 15) is 0 Å². The van der Waals surface area contributed by atoms with Gasteiger partial charge in [0.15, 0.2) is 0 Å². The maximum Gasteiger partial charge on any atom is 0.137 e. The molecule has 1 aromatic rings. The molecule has 0 saturated carbocycles. The smallest absolute Gasteiger partial charge is 0.137 e. The average Bonchev–Trinajstić information content (AvgIpc) is 2.74. The Morgan fingerprint density at radius 3 is 2.81 bits per heavy atom. The van der Waals surface area contributed by atoms with Gasteiger partial charge in [0.1, 0.15) is 11.9 Å². The Balaban J connectivity index is 2.20. The van der Waals surface area contributed by atoms with Gasteiger partial charge in [-0.15, -0.1) is 0 Å². The number of rotatable bonds is 3. The van der Waals surface area contributed by atoms with Gasteiger partial charge in [-0.05, 0) is 12.3 Å². The van der Waals surface area contributed by atoms with Crippen LogP contribution in [-0.4, -0.2) is 29.7 Å². The van der Waals surface area contributed by atoms with Crippen molar-refractivity contribution in [3.63, 3.8) is 0 Å². The van der Waals surface area contributed by atoms with Crippen molar-refractivity contribution in [2.75, 3.05) is 19.7 Å². The van der Waals surface area contributed by atoms with E-state index in [-0.39, 0.29) is 6.10 Å². The first-order valence-corrected chi connectivity index (χ1v) is 6.13. The highest BCUT2D eigenvalue weighted by atomic mass is 16.5. The van der Waals surface area contributed by atoms with Crippen LogP contribution in [0.25, 0.3) is 0 Å². The second-order valence-corrected chi connectivity index (χ2v) is 4.56. The fourth-order valence-electron chi connectivity index (χ4n) is 2.08. The van der Waals surface area contributed by atoms with Gasteiger partial charge in [-0.3, -0.25) is 0 Å². The molecule has 1 fully saturated rings. The van der Waals surface area contributed by atoms with Gasteiger partial charge in [-0.1, -0.05) is 20.8 Å². The molecule has 16 heavy (non-hydrogen) atoms. The molecule has 1 saturated heterocycles. The lowest BCUT2D eigenvalue weighted by molar-refractivity contribution is 0.0225. The normalized spacial score (nSPS) is 21.6. The van der Waals surface area contributed by atoms with Crippen molar-refractivity contribution in [2.45, 2.75) is 39.2 Å². The van der Waals surface area contributed by atoms with Crippen molar-refractivity contribution in [3.8, 4) is 0 Å². The van der Waals surface area contributed by atoms with Gasteiger partial charge < -0.3 is 15.0 Å². The molecule has 1 atom stereocenters. The highest BCUT2D eigenvalue weighted by Crippen LogP contribution is 2.22. The Labute approximate surface area is 96.8 Å². The van der Waals surface area contributed by atoms with Gasteiger partial charge >= 0.3 is 0 Å². The molecule has 1 aliphatic heterocycles.